The fourth-order valence-corrected chi connectivity index (χ4v) is 3.65. The first-order chi connectivity index (χ1) is 9.25. The van der Waals surface area contributed by atoms with E-state index in [1.54, 1.807) is 0 Å². The van der Waals surface area contributed by atoms with Crippen molar-refractivity contribution in [3.8, 4) is 0 Å². The van der Waals surface area contributed by atoms with E-state index in [2.05, 4.69) is 27.4 Å². The molecule has 0 unspecified atom stereocenters. The number of anilines is 1. The van der Waals surface area contributed by atoms with Crippen molar-refractivity contribution in [2.24, 2.45) is 0 Å². The highest BCUT2D eigenvalue weighted by molar-refractivity contribution is 7.99. The number of nitrogens with zero attached hydrogens (tertiary/aromatic N) is 3. The van der Waals surface area contributed by atoms with Gasteiger partial charge >= 0.3 is 0 Å². The molecule has 19 heavy (non-hydrogen) atoms. The Balaban J connectivity index is 1.81. The van der Waals surface area contributed by atoms with Crippen LogP contribution in [-0.2, 0) is 6.54 Å². The van der Waals surface area contributed by atoms with Crippen LogP contribution in [0.5, 0.6) is 0 Å². The van der Waals surface area contributed by atoms with E-state index in [0.29, 0.717) is 5.95 Å². The molecule has 0 saturated carbocycles. The van der Waals surface area contributed by atoms with Gasteiger partial charge in [-0.3, -0.25) is 4.90 Å². The molecular formula is C14H20N4S. The number of thioether (sulfide) groups is 1. The Morgan fingerprint density at radius 1 is 1.26 bits per heavy atom. The van der Waals surface area contributed by atoms with Gasteiger partial charge < -0.3 is 10.3 Å². The second-order valence-corrected chi connectivity index (χ2v) is 6.24. The van der Waals surface area contributed by atoms with Gasteiger partial charge in [0, 0.05) is 37.7 Å². The molecule has 1 aliphatic rings. The van der Waals surface area contributed by atoms with Gasteiger partial charge in [-0.2, -0.15) is 11.8 Å². The van der Waals surface area contributed by atoms with Crippen LogP contribution in [0.4, 0.5) is 5.95 Å². The summed E-state index contributed by atoms with van der Waals surface area (Å²) in [6.45, 7) is 6.49. The van der Waals surface area contributed by atoms with E-state index in [1.807, 2.05) is 23.9 Å². The van der Waals surface area contributed by atoms with Crippen molar-refractivity contribution in [2.45, 2.75) is 13.5 Å². The van der Waals surface area contributed by atoms with Crippen LogP contribution in [0, 0.1) is 6.92 Å². The summed E-state index contributed by atoms with van der Waals surface area (Å²) < 4.78 is 2.16. The standard InChI is InChI=1S/C14H20N4S/c1-11-3-2-4-12-13(11)18(14(15)16-12)6-5-17-7-9-19-10-8-17/h2-4H,5-10H2,1H3,(H2,15,16). The quantitative estimate of drug-likeness (QED) is 0.931. The Morgan fingerprint density at radius 3 is 2.84 bits per heavy atom. The minimum absolute atomic E-state index is 0.635. The topological polar surface area (TPSA) is 47.1 Å². The number of aryl methyl sites for hydroxylation is 1. The first-order valence-electron chi connectivity index (χ1n) is 6.77. The lowest BCUT2D eigenvalue weighted by atomic mass is 10.2. The van der Waals surface area contributed by atoms with Gasteiger partial charge in [0.1, 0.15) is 0 Å². The van der Waals surface area contributed by atoms with E-state index < -0.39 is 0 Å². The monoisotopic (exact) mass is 276 g/mol. The van der Waals surface area contributed by atoms with Crippen molar-refractivity contribution in [1.82, 2.24) is 14.5 Å². The maximum absolute atomic E-state index is 6.07. The van der Waals surface area contributed by atoms with Crippen molar-refractivity contribution in [2.75, 3.05) is 36.9 Å². The average Bonchev–Trinajstić information content (AvgIpc) is 2.75. The molecule has 1 aliphatic heterocycles. The number of nitrogens with two attached hydrogens (primary N) is 1. The Kier molecular flexibility index (Phi) is 3.66. The summed E-state index contributed by atoms with van der Waals surface area (Å²) in [6.07, 6.45) is 0. The lowest BCUT2D eigenvalue weighted by Gasteiger charge is -2.26. The molecule has 1 aromatic heterocycles. The van der Waals surface area contributed by atoms with Crippen LogP contribution < -0.4 is 5.73 Å². The number of imidazole rings is 1. The molecule has 1 saturated heterocycles. The molecule has 2 aromatic rings. The molecule has 0 aliphatic carbocycles. The third kappa shape index (κ3) is 2.58. The van der Waals surface area contributed by atoms with E-state index in [-0.39, 0.29) is 0 Å². The van der Waals surface area contributed by atoms with E-state index in [0.717, 1.165) is 18.6 Å². The molecule has 0 atom stereocenters. The van der Waals surface area contributed by atoms with Crippen LogP contribution in [0.3, 0.4) is 0 Å². The Morgan fingerprint density at radius 2 is 2.05 bits per heavy atom. The van der Waals surface area contributed by atoms with Gasteiger partial charge in [-0.1, -0.05) is 12.1 Å². The highest BCUT2D eigenvalue weighted by Gasteiger charge is 2.13. The Bertz CT molecular complexity index is 572. The zero-order valence-corrected chi connectivity index (χ0v) is 12.1. The highest BCUT2D eigenvalue weighted by Crippen LogP contribution is 2.21. The first-order valence-corrected chi connectivity index (χ1v) is 7.92. The molecule has 0 amide bonds. The fourth-order valence-electron chi connectivity index (χ4n) is 2.68. The van der Waals surface area contributed by atoms with Crippen molar-refractivity contribution >= 4 is 28.7 Å². The number of nitrogen functional groups attached to an aromatic ring is 1. The second-order valence-electron chi connectivity index (χ2n) is 5.02. The van der Waals surface area contributed by atoms with Crippen LogP contribution in [0.1, 0.15) is 5.56 Å². The predicted molar refractivity (Wildman–Crippen MR) is 82.6 cm³/mol. The summed E-state index contributed by atoms with van der Waals surface area (Å²) in [7, 11) is 0. The van der Waals surface area contributed by atoms with Crippen molar-refractivity contribution in [3.05, 3.63) is 23.8 Å². The lowest BCUT2D eigenvalue weighted by molar-refractivity contribution is 0.291. The SMILES string of the molecule is Cc1cccc2nc(N)n(CCN3CCSCC3)c12. The van der Waals surface area contributed by atoms with Gasteiger partial charge in [-0.25, -0.2) is 4.98 Å². The van der Waals surface area contributed by atoms with Crippen LogP contribution in [0.2, 0.25) is 0 Å². The fraction of sp³-hybridized carbons (Fsp3) is 0.500. The molecule has 3 rings (SSSR count). The zero-order valence-electron chi connectivity index (χ0n) is 11.3. The minimum Gasteiger partial charge on any atom is -0.369 e. The molecule has 1 aromatic carbocycles. The van der Waals surface area contributed by atoms with Gasteiger partial charge in [0.25, 0.3) is 0 Å². The summed E-state index contributed by atoms with van der Waals surface area (Å²) in [6, 6.07) is 6.19. The van der Waals surface area contributed by atoms with Gasteiger partial charge in [0.2, 0.25) is 5.95 Å². The van der Waals surface area contributed by atoms with Crippen LogP contribution in [0.15, 0.2) is 18.2 Å². The third-order valence-electron chi connectivity index (χ3n) is 3.74. The first kappa shape index (κ1) is 12.8. The average molecular weight is 276 g/mol. The maximum atomic E-state index is 6.07. The molecule has 0 spiro atoms. The molecular weight excluding hydrogens is 256 g/mol. The van der Waals surface area contributed by atoms with Crippen molar-refractivity contribution < 1.29 is 0 Å². The zero-order chi connectivity index (χ0) is 13.2. The smallest absolute Gasteiger partial charge is 0.201 e. The van der Waals surface area contributed by atoms with Gasteiger partial charge in [0.15, 0.2) is 0 Å². The van der Waals surface area contributed by atoms with E-state index >= 15 is 0 Å². The number of benzene rings is 1. The summed E-state index contributed by atoms with van der Waals surface area (Å²) in [5.74, 6) is 3.13. The van der Waals surface area contributed by atoms with E-state index in [4.69, 9.17) is 5.73 Å². The molecule has 0 radical (unpaired) electrons. The minimum atomic E-state index is 0.635. The molecule has 0 bridgehead atoms. The van der Waals surface area contributed by atoms with Gasteiger partial charge in [-0.05, 0) is 18.6 Å². The summed E-state index contributed by atoms with van der Waals surface area (Å²) in [4.78, 5) is 6.97. The molecule has 1 fully saturated rings. The Hall–Kier alpha value is -1.20. The van der Waals surface area contributed by atoms with Gasteiger partial charge in [0.05, 0.1) is 11.0 Å². The van der Waals surface area contributed by atoms with E-state index in [1.165, 1.54) is 35.7 Å². The third-order valence-corrected chi connectivity index (χ3v) is 4.68. The normalized spacial score (nSPS) is 17.1. The van der Waals surface area contributed by atoms with Crippen molar-refractivity contribution in [3.63, 3.8) is 0 Å². The number of fused-ring (bicyclic) bond motifs is 1. The second kappa shape index (κ2) is 5.43. The summed E-state index contributed by atoms with van der Waals surface area (Å²) >= 11 is 2.04. The Labute approximate surface area is 118 Å². The number of rotatable bonds is 3. The summed E-state index contributed by atoms with van der Waals surface area (Å²) in [5, 5.41) is 0. The molecule has 102 valence electrons. The highest BCUT2D eigenvalue weighted by atomic mass is 32.2. The number of aromatic nitrogens is 2. The largest absolute Gasteiger partial charge is 0.369 e. The number of hydrogen-bond donors (Lipinski definition) is 1. The van der Waals surface area contributed by atoms with Crippen molar-refractivity contribution in [1.29, 1.82) is 0 Å². The molecule has 4 nitrogen and oxygen atoms in total. The number of para-hydroxylation sites is 1. The number of hydrogen-bond acceptors (Lipinski definition) is 4. The van der Waals surface area contributed by atoms with E-state index in [9.17, 15) is 0 Å². The lowest BCUT2D eigenvalue weighted by Crippen LogP contribution is -2.35. The molecule has 2 heterocycles. The molecule has 5 heteroatoms. The predicted octanol–water partition coefficient (Wildman–Crippen LogP) is 1.98. The maximum Gasteiger partial charge on any atom is 0.201 e. The molecule has 2 N–H and O–H groups in total. The van der Waals surface area contributed by atoms with Crippen LogP contribution >= 0.6 is 11.8 Å². The van der Waals surface area contributed by atoms with Gasteiger partial charge in [-0.15, -0.1) is 0 Å². The summed E-state index contributed by atoms with van der Waals surface area (Å²) in [5.41, 5.74) is 9.51. The van der Waals surface area contributed by atoms with Crippen LogP contribution in [-0.4, -0.2) is 45.6 Å². The van der Waals surface area contributed by atoms with Crippen LogP contribution in [0.25, 0.3) is 11.0 Å².